The third kappa shape index (κ3) is 18.1. The number of fused-ring (bicyclic) bond motifs is 14. The molecular weight excluding hydrogens is 1390 g/mol. The van der Waals surface area contributed by atoms with Crippen molar-refractivity contribution in [2.24, 2.45) is 35.3 Å². The van der Waals surface area contributed by atoms with E-state index in [4.69, 9.17) is 40.5 Å². The first-order valence-corrected chi connectivity index (χ1v) is 36.3. The number of methoxy groups -OCH3 is 1. The number of hydrogen-bond acceptors (Lipinski definition) is 21. The number of piperidine rings is 1. The highest BCUT2D eigenvalue weighted by Crippen LogP contribution is 2.43. The fourth-order valence-electron chi connectivity index (χ4n) is 14.5. The molecule has 5 aliphatic heterocycles. The molecule has 0 spiro atoms. The first-order chi connectivity index (χ1) is 51.1. The van der Waals surface area contributed by atoms with Gasteiger partial charge in [-0.15, -0.1) is 6.42 Å². The first kappa shape index (κ1) is 81.4. The molecular formula is C79H99N10O19+. The van der Waals surface area contributed by atoms with E-state index in [1.165, 1.54) is 77.5 Å². The van der Waals surface area contributed by atoms with Crippen LogP contribution in [0.1, 0.15) is 118 Å². The van der Waals surface area contributed by atoms with Gasteiger partial charge in [-0.2, -0.15) is 0 Å². The number of esters is 1. The highest BCUT2D eigenvalue weighted by atomic mass is 16.7. The van der Waals surface area contributed by atoms with Gasteiger partial charge in [0.1, 0.15) is 47.4 Å². The molecule has 1 fully saturated rings. The Morgan fingerprint density at radius 3 is 2.21 bits per heavy atom. The molecule has 1 saturated heterocycles. The number of aromatic hydroxyl groups is 1. The molecule has 11 atom stereocenters. The predicted molar refractivity (Wildman–Crippen MR) is 404 cm³/mol. The molecule has 6 heterocycles. The van der Waals surface area contributed by atoms with Gasteiger partial charge < -0.3 is 85.5 Å². The minimum atomic E-state index is -2.08. The van der Waals surface area contributed by atoms with Crippen LogP contribution in [-0.4, -0.2) is 178 Å². The zero-order chi connectivity index (χ0) is 79.0. The highest BCUT2D eigenvalue weighted by molar-refractivity contribution is 6.17. The number of unbranched alkanes of at least 4 members (excludes halogenated alkanes) is 2. The van der Waals surface area contributed by atoms with Gasteiger partial charge in [0.25, 0.3) is 17.7 Å². The number of ether oxygens (including phenoxy) is 4. The molecule has 0 aliphatic carbocycles. The van der Waals surface area contributed by atoms with Gasteiger partial charge in [0, 0.05) is 142 Å². The number of carbonyl (C=O) groups excluding carboxylic acids is 8. The highest BCUT2D eigenvalue weighted by Gasteiger charge is 2.45. The molecule has 4 aromatic carbocycles. The first-order valence-electron chi connectivity index (χ1n) is 36.3. The normalized spacial score (nSPS) is 22.9. The predicted octanol–water partition coefficient (Wildman–Crippen LogP) is 5.92. The Labute approximate surface area is 625 Å². The number of hydrogen-bond donors (Lipinski definition) is 10. The van der Waals surface area contributed by atoms with Crippen LogP contribution in [0.5, 0.6) is 11.5 Å². The maximum atomic E-state index is 15.2. The van der Waals surface area contributed by atoms with E-state index in [-0.39, 0.29) is 112 Å². The van der Waals surface area contributed by atoms with Crippen molar-refractivity contribution in [3.8, 4) is 23.8 Å². The number of nitrogens with one attached hydrogen (secondary N) is 5. The number of quaternary nitrogens is 1. The van der Waals surface area contributed by atoms with Gasteiger partial charge in [-0.05, 0) is 63.7 Å². The Balaban J connectivity index is 0.946. The second-order valence-corrected chi connectivity index (χ2v) is 29.5. The monoisotopic (exact) mass is 1490 g/mol. The number of allylic oxidation sites excluding steroid dienone is 2. The number of aliphatic hydroxyl groups excluding tert-OH is 3. The molecule has 0 saturated carbocycles. The van der Waals surface area contributed by atoms with E-state index in [1.807, 2.05) is 17.0 Å². The maximum Gasteiger partial charge on any atom is 0.312 e. The maximum absolute atomic E-state index is 15.2. The van der Waals surface area contributed by atoms with E-state index in [0.717, 1.165) is 10.5 Å². The lowest BCUT2D eigenvalue weighted by Gasteiger charge is -2.43. The Morgan fingerprint density at radius 2 is 1.57 bits per heavy atom. The van der Waals surface area contributed by atoms with E-state index < -0.39 is 129 Å². The number of terminal acetylenes is 1. The number of benzene rings is 4. The van der Waals surface area contributed by atoms with Crippen LogP contribution >= 0.6 is 0 Å². The lowest BCUT2D eigenvalue weighted by atomic mass is 9.78. The molecule has 108 heavy (non-hydrogen) atoms. The summed E-state index contributed by atoms with van der Waals surface area (Å²) in [6, 6.07) is 7.73. The molecule has 578 valence electrons. The number of carbonyl (C=O) groups is 8. The van der Waals surface area contributed by atoms with Crippen molar-refractivity contribution < 1.29 is 86.6 Å². The Kier molecular flexibility index (Phi) is 26.0. The quantitative estimate of drug-likeness (QED) is 0.00731. The van der Waals surface area contributed by atoms with Crippen molar-refractivity contribution in [1.29, 1.82) is 0 Å². The molecule has 8 amide bonds. The van der Waals surface area contributed by atoms with Crippen LogP contribution in [0.4, 0.5) is 21.9 Å². The number of rotatable bonds is 22. The van der Waals surface area contributed by atoms with Crippen molar-refractivity contribution in [1.82, 2.24) is 25.8 Å². The minimum absolute atomic E-state index is 0.00275. The Bertz CT molecular complexity index is 4650. The summed E-state index contributed by atoms with van der Waals surface area (Å²) in [6.45, 7) is 16.0. The van der Waals surface area contributed by atoms with Crippen molar-refractivity contribution in [2.45, 2.75) is 169 Å². The van der Waals surface area contributed by atoms with Crippen LogP contribution in [-0.2, 0) is 54.3 Å². The lowest BCUT2D eigenvalue weighted by Crippen LogP contribution is -2.54. The zero-order valence-electron chi connectivity index (χ0n) is 63.0. The number of primary amides is 1. The molecule has 1 aromatic heterocycles. The van der Waals surface area contributed by atoms with Gasteiger partial charge in [-0.1, -0.05) is 77.3 Å². The number of phenolic OH excluding ortho intramolecular Hbond substituents is 1. The van der Waals surface area contributed by atoms with Gasteiger partial charge in [0.15, 0.2) is 22.4 Å². The summed E-state index contributed by atoms with van der Waals surface area (Å²) >= 11 is 0. The second-order valence-electron chi connectivity index (χ2n) is 29.5. The Hall–Kier alpha value is -10.7. The van der Waals surface area contributed by atoms with E-state index in [2.05, 4.69) is 46.6 Å². The largest absolute Gasteiger partial charge is 0.507 e. The van der Waals surface area contributed by atoms with Crippen LogP contribution in [0.25, 0.3) is 38.7 Å². The molecule has 11 N–H and O–H groups in total. The summed E-state index contributed by atoms with van der Waals surface area (Å²) in [5.41, 5.74) is 4.50. The number of nitrogens with two attached hydrogens (primary N) is 1. The summed E-state index contributed by atoms with van der Waals surface area (Å²) < 4.78 is 31.4. The molecule has 5 aliphatic rings. The number of imide groups is 1. The molecule has 5 bridgehead atoms. The number of urea groups is 1. The third-order valence-corrected chi connectivity index (χ3v) is 21.0. The van der Waals surface area contributed by atoms with E-state index >= 15 is 4.79 Å². The van der Waals surface area contributed by atoms with Crippen molar-refractivity contribution >= 4 is 103 Å². The number of aromatic nitrogens is 1. The number of phenols is 1. The number of anilines is 3. The fraction of sp³-hybridized carbons (Fsp3) is 0.481. The standard InChI is InChI=1S/C79H98N10O19/c1-14-52-67(95)42(4)20-18-21-43(5)75(100)86-66-70(98)61-60(62-72(46(8)69(61)97)108-79(10,74(62)99)105-37-32-55(104-13)44(6)71(106-47(9)90)45(7)68(52)96)65-73(66)107-56-39-50(38-54(91)64(56)85-65)87-35-30-51(31-36-87)89(11,12)40-48-24-26-49(27-25-48)82-76(101)53(22-19-33-81-78(80)103)83-77(102)63(41(2)3)84-57(92)23-16-15-17-34-88-58(93)28-29-59(88)94/h1,18,20-21,24-29,32,37-39,41-42,44-45,51-53,55,63,67-68,71,95-96H,15-17,19,22-23,30-31,33-36,40H2,2-13H3,(H8-,80,81,82,83,84,85,86,91,92,93,94,97,98,99,100,101,102,103)/p+1. The second kappa shape index (κ2) is 34.5. The molecule has 0 radical (unpaired) electrons. The average Bonchev–Trinajstić information content (AvgIpc) is 1.35. The van der Waals surface area contributed by atoms with Crippen molar-refractivity contribution in [3.05, 3.63) is 121 Å². The molecule has 29 nitrogen and oxygen atoms in total. The van der Waals surface area contributed by atoms with Gasteiger partial charge in [0.2, 0.25) is 28.6 Å². The van der Waals surface area contributed by atoms with Gasteiger partial charge >= 0.3 is 17.8 Å². The number of nitrogens with zero attached hydrogens (tertiary/aromatic N) is 4. The third-order valence-electron chi connectivity index (χ3n) is 21.0. The average molecular weight is 1490 g/mol. The van der Waals surface area contributed by atoms with Gasteiger partial charge in [-0.3, -0.25) is 48.1 Å². The summed E-state index contributed by atoms with van der Waals surface area (Å²) in [4.78, 5) is 141. The zero-order valence-corrected chi connectivity index (χ0v) is 63.0. The topological polar surface area (TPSA) is 407 Å². The van der Waals surface area contributed by atoms with E-state index in [0.29, 0.717) is 67.6 Å². The van der Waals surface area contributed by atoms with E-state index in [9.17, 15) is 63.6 Å². The van der Waals surface area contributed by atoms with Crippen molar-refractivity contribution in [2.75, 3.05) is 62.9 Å². The Morgan fingerprint density at radius 1 is 0.889 bits per heavy atom. The van der Waals surface area contributed by atoms with Crippen LogP contribution in [0.3, 0.4) is 0 Å². The lowest BCUT2D eigenvalue weighted by molar-refractivity contribution is -0.928. The summed E-state index contributed by atoms with van der Waals surface area (Å²) in [5.74, 6) is -8.41. The van der Waals surface area contributed by atoms with Gasteiger partial charge in [-0.25, -0.2) is 9.78 Å². The van der Waals surface area contributed by atoms with Gasteiger partial charge in [0.05, 0.1) is 61.2 Å². The van der Waals surface area contributed by atoms with Crippen molar-refractivity contribution in [3.63, 3.8) is 0 Å². The summed E-state index contributed by atoms with van der Waals surface area (Å²) in [7, 11) is 5.64. The van der Waals surface area contributed by atoms with Crippen LogP contribution in [0, 0.1) is 48.9 Å². The minimum Gasteiger partial charge on any atom is -0.507 e. The van der Waals surface area contributed by atoms with Crippen LogP contribution in [0.2, 0.25) is 0 Å². The number of aliphatic hydroxyl groups is 3. The molecule has 5 aromatic rings. The number of amides is 8. The summed E-state index contributed by atoms with van der Waals surface area (Å²) in [6.07, 6.45) is 14.2. The van der Waals surface area contributed by atoms with Crippen LogP contribution < -0.4 is 58.0 Å². The molecule has 10 rings (SSSR count). The fourth-order valence-corrected chi connectivity index (χ4v) is 14.5. The smallest absolute Gasteiger partial charge is 0.312 e. The van der Waals surface area contributed by atoms with Crippen LogP contribution in [0.15, 0.2) is 98.7 Å². The van der Waals surface area contributed by atoms with E-state index in [1.54, 1.807) is 58.9 Å². The summed E-state index contributed by atoms with van der Waals surface area (Å²) in [5, 5.41) is 60.9. The SMILES string of the molecule is C#CC1C(O)C(C)C=CC=C(C)C(=O)Nc2c(=O)c3c(O)c(C)c4c(c3c3nc5c(=O)cc(N6CCC([N+](C)(C)Cc7ccc(NC(=O)C(CCCNC(N)=O)NC(=O)C(NC(=O)CCCCCN8C(=O)C=CC8=O)C(C)C)cc7)CC6)cc5oc23)=C(O)C(C)(OC=CC(OC)C(C)C(OC(C)=O)C(C)C1O)O4. The molecule has 11 unspecified atom stereocenters. The molecule has 29 heteroatoms.